The van der Waals surface area contributed by atoms with Gasteiger partial charge in [-0.15, -0.1) is 0 Å². The molecule has 0 aliphatic carbocycles. The fourth-order valence-electron chi connectivity index (χ4n) is 1.06. The fourth-order valence-corrected chi connectivity index (χ4v) is 1.06. The molecule has 15 heavy (non-hydrogen) atoms. The molecule has 0 saturated heterocycles. The Morgan fingerprint density at radius 3 is 2.40 bits per heavy atom. The van der Waals surface area contributed by atoms with Gasteiger partial charge in [0.2, 0.25) is 0 Å². The third-order valence-electron chi connectivity index (χ3n) is 1.57. The second-order valence-electron chi connectivity index (χ2n) is 3.09. The van der Waals surface area contributed by atoms with Crippen LogP contribution < -0.4 is 0 Å². The first-order chi connectivity index (χ1) is 6.76. The van der Waals surface area contributed by atoms with Gasteiger partial charge in [-0.1, -0.05) is 0 Å². The summed E-state index contributed by atoms with van der Waals surface area (Å²) in [5, 5.41) is 8.62. The Morgan fingerprint density at radius 2 is 2.07 bits per heavy atom. The molecule has 0 saturated carbocycles. The summed E-state index contributed by atoms with van der Waals surface area (Å²) in [6.45, 7) is 0.295. The first-order valence-electron chi connectivity index (χ1n) is 4.36. The maximum Gasteiger partial charge on any atom is 0.401 e. The van der Waals surface area contributed by atoms with E-state index < -0.39 is 24.8 Å². The molecule has 0 fully saturated rings. The lowest BCUT2D eigenvalue weighted by Crippen LogP contribution is -2.40. The SMILES string of the molecule is CCOC(CN(C)CC(F)(F)F)C(=O)O. The Labute approximate surface area is 85.6 Å². The van der Waals surface area contributed by atoms with Crippen molar-refractivity contribution in [3.63, 3.8) is 0 Å². The minimum atomic E-state index is -4.33. The van der Waals surface area contributed by atoms with E-state index in [4.69, 9.17) is 9.84 Å². The number of likely N-dealkylation sites (N-methyl/N-ethyl adjacent to an activating group) is 1. The van der Waals surface area contributed by atoms with E-state index in [2.05, 4.69) is 0 Å². The van der Waals surface area contributed by atoms with Crippen LogP contribution in [-0.4, -0.2) is 55.0 Å². The minimum Gasteiger partial charge on any atom is -0.479 e. The molecule has 0 aromatic heterocycles. The molecule has 0 aliphatic heterocycles. The third-order valence-corrected chi connectivity index (χ3v) is 1.57. The van der Waals surface area contributed by atoms with Crippen LogP contribution in [0.5, 0.6) is 0 Å². The highest BCUT2D eigenvalue weighted by Crippen LogP contribution is 2.15. The van der Waals surface area contributed by atoms with Gasteiger partial charge in [-0.3, -0.25) is 4.90 Å². The van der Waals surface area contributed by atoms with E-state index in [9.17, 15) is 18.0 Å². The van der Waals surface area contributed by atoms with Crippen molar-refractivity contribution in [2.24, 2.45) is 0 Å². The molecule has 0 bridgehead atoms. The molecule has 0 aromatic rings. The number of hydrogen-bond donors (Lipinski definition) is 1. The van der Waals surface area contributed by atoms with Crippen molar-refractivity contribution in [3.05, 3.63) is 0 Å². The molecular weight excluding hydrogens is 215 g/mol. The predicted octanol–water partition coefficient (Wildman–Crippen LogP) is 0.970. The first-order valence-corrected chi connectivity index (χ1v) is 4.36. The average Bonchev–Trinajstić information content (AvgIpc) is 1.99. The summed E-state index contributed by atoms with van der Waals surface area (Å²) >= 11 is 0. The van der Waals surface area contributed by atoms with E-state index in [1.165, 1.54) is 7.05 Å². The van der Waals surface area contributed by atoms with Crippen LogP contribution in [0.1, 0.15) is 6.92 Å². The average molecular weight is 229 g/mol. The van der Waals surface area contributed by atoms with Gasteiger partial charge in [0.15, 0.2) is 6.10 Å². The van der Waals surface area contributed by atoms with Gasteiger partial charge in [0.05, 0.1) is 6.54 Å². The van der Waals surface area contributed by atoms with Crippen LogP contribution in [0.3, 0.4) is 0 Å². The van der Waals surface area contributed by atoms with Crippen LogP contribution >= 0.6 is 0 Å². The minimum absolute atomic E-state index is 0.150. The number of nitrogens with zero attached hydrogens (tertiary/aromatic N) is 1. The number of ether oxygens (including phenoxy) is 1. The summed E-state index contributed by atoms with van der Waals surface area (Å²) in [6, 6.07) is 0. The highest BCUT2D eigenvalue weighted by molar-refractivity contribution is 5.72. The van der Waals surface area contributed by atoms with Crippen molar-refractivity contribution in [3.8, 4) is 0 Å². The fraction of sp³-hybridized carbons (Fsp3) is 0.875. The lowest BCUT2D eigenvalue weighted by Gasteiger charge is -2.22. The summed E-state index contributed by atoms with van der Waals surface area (Å²) in [5.74, 6) is -1.26. The molecule has 0 amide bonds. The molecule has 7 heteroatoms. The summed E-state index contributed by atoms with van der Waals surface area (Å²) in [7, 11) is 1.20. The van der Waals surface area contributed by atoms with Crippen LogP contribution in [0, 0.1) is 0 Å². The van der Waals surface area contributed by atoms with E-state index in [0.717, 1.165) is 4.90 Å². The number of halogens is 3. The molecule has 0 aliphatic rings. The Balaban J connectivity index is 4.11. The lowest BCUT2D eigenvalue weighted by atomic mass is 10.3. The normalized spacial score (nSPS) is 14.3. The molecule has 90 valence electrons. The molecule has 1 unspecified atom stereocenters. The van der Waals surface area contributed by atoms with Gasteiger partial charge < -0.3 is 9.84 Å². The van der Waals surface area contributed by atoms with Gasteiger partial charge in [0, 0.05) is 13.2 Å². The zero-order chi connectivity index (χ0) is 12.1. The summed E-state index contributed by atoms with van der Waals surface area (Å²) in [6.07, 6.45) is -5.55. The van der Waals surface area contributed by atoms with E-state index in [1.807, 2.05) is 0 Å². The second kappa shape index (κ2) is 5.92. The number of rotatable bonds is 6. The van der Waals surface area contributed by atoms with Gasteiger partial charge in [0.1, 0.15) is 0 Å². The highest BCUT2D eigenvalue weighted by atomic mass is 19.4. The number of carbonyl (C=O) groups is 1. The number of carboxylic acid groups (broad SMARTS) is 1. The highest BCUT2D eigenvalue weighted by Gasteiger charge is 2.31. The van der Waals surface area contributed by atoms with Crippen LogP contribution in [-0.2, 0) is 9.53 Å². The van der Waals surface area contributed by atoms with E-state index in [0.29, 0.717) is 0 Å². The van der Waals surface area contributed by atoms with Crippen LogP contribution in [0.2, 0.25) is 0 Å². The smallest absolute Gasteiger partial charge is 0.401 e. The first kappa shape index (κ1) is 14.2. The van der Waals surface area contributed by atoms with Crippen molar-refractivity contribution in [1.82, 2.24) is 4.90 Å². The quantitative estimate of drug-likeness (QED) is 0.737. The van der Waals surface area contributed by atoms with Crippen LogP contribution in [0.15, 0.2) is 0 Å². The van der Waals surface area contributed by atoms with Crippen LogP contribution in [0.25, 0.3) is 0 Å². The van der Waals surface area contributed by atoms with E-state index >= 15 is 0 Å². The second-order valence-corrected chi connectivity index (χ2v) is 3.09. The third kappa shape index (κ3) is 7.15. The Morgan fingerprint density at radius 1 is 1.53 bits per heavy atom. The lowest BCUT2D eigenvalue weighted by molar-refractivity contribution is -0.159. The van der Waals surface area contributed by atoms with Gasteiger partial charge >= 0.3 is 12.1 Å². The number of carboxylic acids is 1. The van der Waals surface area contributed by atoms with Crippen molar-refractivity contribution in [2.45, 2.75) is 19.2 Å². The monoisotopic (exact) mass is 229 g/mol. The predicted molar refractivity (Wildman–Crippen MR) is 46.6 cm³/mol. The van der Waals surface area contributed by atoms with E-state index in [1.54, 1.807) is 6.92 Å². The zero-order valence-electron chi connectivity index (χ0n) is 8.54. The molecule has 0 radical (unpaired) electrons. The topological polar surface area (TPSA) is 49.8 Å². The van der Waals surface area contributed by atoms with E-state index in [-0.39, 0.29) is 13.2 Å². The summed E-state index contributed by atoms with van der Waals surface area (Å²) < 4.78 is 40.5. The maximum absolute atomic E-state index is 11.9. The molecular formula is C8H14F3NO3. The van der Waals surface area contributed by atoms with Gasteiger partial charge in [-0.25, -0.2) is 4.79 Å². The van der Waals surface area contributed by atoms with Crippen molar-refractivity contribution in [1.29, 1.82) is 0 Å². The number of alkyl halides is 3. The van der Waals surface area contributed by atoms with Crippen molar-refractivity contribution < 1.29 is 27.8 Å². The Hall–Kier alpha value is -0.820. The number of hydrogen-bond acceptors (Lipinski definition) is 3. The van der Waals surface area contributed by atoms with Gasteiger partial charge in [-0.05, 0) is 14.0 Å². The maximum atomic E-state index is 11.9. The van der Waals surface area contributed by atoms with Gasteiger partial charge in [0.25, 0.3) is 0 Å². The molecule has 0 aromatic carbocycles. The molecule has 1 N–H and O–H groups in total. The van der Waals surface area contributed by atoms with Crippen molar-refractivity contribution >= 4 is 5.97 Å². The molecule has 0 spiro atoms. The molecule has 0 heterocycles. The van der Waals surface area contributed by atoms with Crippen molar-refractivity contribution in [2.75, 3.05) is 26.7 Å². The zero-order valence-corrected chi connectivity index (χ0v) is 8.54. The standard InChI is InChI=1S/C8H14F3NO3/c1-3-15-6(7(13)14)4-12(2)5-8(9,10)11/h6H,3-5H2,1-2H3,(H,13,14). The molecule has 4 nitrogen and oxygen atoms in total. The largest absolute Gasteiger partial charge is 0.479 e. The van der Waals surface area contributed by atoms with Gasteiger partial charge in [-0.2, -0.15) is 13.2 Å². The Kier molecular flexibility index (Phi) is 5.59. The molecule has 0 rings (SSSR count). The Bertz CT molecular complexity index is 208. The summed E-state index contributed by atoms with van der Waals surface area (Å²) in [5.41, 5.74) is 0. The molecule has 1 atom stereocenters. The number of aliphatic carboxylic acids is 1. The van der Waals surface area contributed by atoms with Crippen LogP contribution in [0.4, 0.5) is 13.2 Å². The summed E-state index contributed by atoms with van der Waals surface area (Å²) in [4.78, 5) is 11.4.